The smallest absolute Gasteiger partial charge is 0.184 e. The quantitative estimate of drug-likeness (QED) is 0.420. The second-order valence-electron chi connectivity index (χ2n) is 1.81. The second-order valence-corrected chi connectivity index (χ2v) is 3.07. The van der Waals surface area contributed by atoms with Gasteiger partial charge in [-0.2, -0.15) is 0 Å². The largest absolute Gasteiger partial charge is 1.00 e. The second kappa shape index (κ2) is 4.51. The summed E-state index contributed by atoms with van der Waals surface area (Å²) >= 11 is 9.01. The fourth-order valence-electron chi connectivity index (χ4n) is 0.546. The van der Waals surface area contributed by atoms with E-state index in [-0.39, 0.29) is 24.0 Å². The van der Waals surface area contributed by atoms with Gasteiger partial charge in [-0.15, -0.1) is 0 Å². The molecule has 0 amide bonds. The normalized spacial score (nSPS) is 8.70. The molecule has 0 N–H and O–H groups in total. The molecule has 1 nitrogen and oxygen atoms in total. The summed E-state index contributed by atoms with van der Waals surface area (Å²) in [6.45, 7) is 0. The summed E-state index contributed by atoms with van der Waals surface area (Å²) in [7, 11) is 1.95. The van der Waals surface area contributed by atoms with Crippen molar-refractivity contribution < 1.29 is 28.5 Å². The van der Waals surface area contributed by atoms with E-state index >= 15 is 0 Å². The van der Waals surface area contributed by atoms with Crippen LogP contribution in [0.15, 0.2) is 22.9 Å². The molecule has 0 atom stereocenters. The molecule has 1 rings (SSSR count). The number of aryl methyl sites for hydroxylation is 1. The van der Waals surface area contributed by atoms with Crippen LogP contribution in [0.25, 0.3) is 0 Å². The van der Waals surface area contributed by atoms with Gasteiger partial charge in [-0.05, 0) is 15.9 Å². The SMILES string of the molecule is C[n+]1ccc(Cl)c(Br)c1.[I-]. The van der Waals surface area contributed by atoms with Crippen molar-refractivity contribution in [3.05, 3.63) is 28.0 Å². The van der Waals surface area contributed by atoms with Gasteiger partial charge in [0.25, 0.3) is 0 Å². The van der Waals surface area contributed by atoms with Crippen LogP contribution in [0.5, 0.6) is 0 Å². The average Bonchev–Trinajstić information content (AvgIpc) is 1.80. The number of nitrogens with zero attached hydrogens (tertiary/aromatic N) is 1. The lowest BCUT2D eigenvalue weighted by Gasteiger charge is -1.89. The third-order valence-electron chi connectivity index (χ3n) is 1.00. The molecule has 0 aromatic carbocycles. The zero-order valence-corrected chi connectivity index (χ0v) is 9.81. The monoisotopic (exact) mass is 333 g/mol. The Morgan fingerprint density at radius 1 is 1.60 bits per heavy atom. The molecule has 0 fully saturated rings. The third-order valence-corrected chi connectivity index (χ3v) is 2.19. The molecule has 0 unspecified atom stereocenters. The fraction of sp³-hybridized carbons (Fsp3) is 0.167. The van der Waals surface area contributed by atoms with Crippen molar-refractivity contribution in [1.29, 1.82) is 0 Å². The van der Waals surface area contributed by atoms with Gasteiger partial charge in [0.05, 0.1) is 9.50 Å². The van der Waals surface area contributed by atoms with Crippen molar-refractivity contribution in [2.45, 2.75) is 0 Å². The molecule has 0 radical (unpaired) electrons. The Bertz CT molecular complexity index is 229. The van der Waals surface area contributed by atoms with Crippen LogP contribution < -0.4 is 28.5 Å². The highest BCUT2D eigenvalue weighted by molar-refractivity contribution is 9.10. The first-order valence-corrected chi connectivity index (χ1v) is 3.67. The first-order chi connectivity index (χ1) is 4.20. The molecule has 0 aliphatic heterocycles. The van der Waals surface area contributed by atoms with Gasteiger partial charge in [0, 0.05) is 6.07 Å². The summed E-state index contributed by atoms with van der Waals surface area (Å²) in [6, 6.07) is 1.84. The molecule has 0 spiro atoms. The van der Waals surface area contributed by atoms with Crippen LogP contribution in [0.2, 0.25) is 5.02 Å². The van der Waals surface area contributed by atoms with Gasteiger partial charge in [0.1, 0.15) is 7.05 Å². The van der Waals surface area contributed by atoms with E-state index in [0.717, 1.165) is 9.50 Å². The Morgan fingerprint density at radius 3 is 2.60 bits per heavy atom. The summed E-state index contributed by atoms with van der Waals surface area (Å²) < 4.78 is 2.85. The summed E-state index contributed by atoms with van der Waals surface area (Å²) in [6.07, 6.45) is 3.80. The highest BCUT2D eigenvalue weighted by Gasteiger charge is 1.98. The van der Waals surface area contributed by atoms with Crippen molar-refractivity contribution in [3.8, 4) is 0 Å². The lowest BCUT2D eigenvalue weighted by Crippen LogP contribution is -3.00. The van der Waals surface area contributed by atoms with Crippen molar-refractivity contribution in [2.24, 2.45) is 7.05 Å². The van der Waals surface area contributed by atoms with Crippen molar-refractivity contribution >= 4 is 27.5 Å². The van der Waals surface area contributed by atoms with Gasteiger partial charge in [0.2, 0.25) is 0 Å². The van der Waals surface area contributed by atoms with Crippen LogP contribution in [-0.2, 0) is 7.05 Å². The summed E-state index contributed by atoms with van der Waals surface area (Å²) in [5, 5.41) is 0.744. The Hall–Kier alpha value is 0.650. The van der Waals surface area contributed by atoms with Crippen molar-refractivity contribution in [2.75, 3.05) is 0 Å². The van der Waals surface area contributed by atoms with E-state index in [2.05, 4.69) is 15.9 Å². The summed E-state index contributed by atoms with van der Waals surface area (Å²) in [4.78, 5) is 0. The van der Waals surface area contributed by atoms with E-state index in [1.165, 1.54) is 0 Å². The van der Waals surface area contributed by atoms with Crippen LogP contribution in [-0.4, -0.2) is 0 Å². The molecule has 0 saturated carbocycles. The van der Waals surface area contributed by atoms with E-state index in [4.69, 9.17) is 11.6 Å². The van der Waals surface area contributed by atoms with E-state index in [0.29, 0.717) is 0 Å². The van der Waals surface area contributed by atoms with Crippen LogP contribution in [0.4, 0.5) is 0 Å². The van der Waals surface area contributed by atoms with Gasteiger partial charge in [-0.25, -0.2) is 4.57 Å². The number of hydrogen-bond donors (Lipinski definition) is 0. The van der Waals surface area contributed by atoms with Crippen molar-refractivity contribution in [3.63, 3.8) is 0 Å². The molecule has 0 saturated heterocycles. The van der Waals surface area contributed by atoms with Gasteiger partial charge in [-0.3, -0.25) is 0 Å². The summed E-state index contributed by atoms with van der Waals surface area (Å²) in [5.41, 5.74) is 0. The maximum absolute atomic E-state index is 5.72. The minimum atomic E-state index is 0. The van der Waals surface area contributed by atoms with Gasteiger partial charge in [0.15, 0.2) is 12.4 Å². The first-order valence-electron chi connectivity index (χ1n) is 2.50. The topological polar surface area (TPSA) is 3.88 Å². The minimum absolute atomic E-state index is 0. The van der Waals surface area contributed by atoms with Crippen LogP contribution in [0.1, 0.15) is 0 Å². The molecule has 1 aromatic rings. The standard InChI is InChI=1S/C6H6BrClN.HI/c1-9-3-2-6(8)5(7)4-9;/h2-4H,1H3;1H/q+1;/p-1. The minimum Gasteiger partial charge on any atom is -1.00 e. The molecule has 0 aliphatic rings. The lowest BCUT2D eigenvalue weighted by molar-refractivity contribution is -0.672. The molecule has 0 bridgehead atoms. The number of hydrogen-bond acceptors (Lipinski definition) is 0. The van der Waals surface area contributed by atoms with E-state index < -0.39 is 0 Å². The number of aromatic nitrogens is 1. The maximum Gasteiger partial charge on any atom is 0.184 e. The molecular weight excluding hydrogens is 328 g/mol. The van der Waals surface area contributed by atoms with Crippen LogP contribution >= 0.6 is 27.5 Å². The zero-order valence-electron chi connectivity index (χ0n) is 5.31. The van der Waals surface area contributed by atoms with Crippen molar-refractivity contribution in [1.82, 2.24) is 0 Å². The zero-order chi connectivity index (χ0) is 6.85. The highest BCUT2D eigenvalue weighted by atomic mass is 127. The molecule has 1 heterocycles. The maximum atomic E-state index is 5.72. The Kier molecular flexibility index (Phi) is 4.81. The molecule has 0 aliphatic carbocycles. The Labute approximate surface area is 90.5 Å². The Morgan fingerprint density at radius 2 is 2.20 bits per heavy atom. The van der Waals surface area contributed by atoms with Crippen LogP contribution in [0.3, 0.4) is 0 Å². The summed E-state index contributed by atoms with van der Waals surface area (Å²) in [5.74, 6) is 0. The first kappa shape index (κ1) is 10.7. The Balaban J connectivity index is 0.000000810. The van der Waals surface area contributed by atoms with E-state index in [1.54, 1.807) is 0 Å². The molecule has 1 aromatic heterocycles. The predicted molar refractivity (Wildman–Crippen MR) is 40.3 cm³/mol. The molecule has 10 heavy (non-hydrogen) atoms. The van der Waals surface area contributed by atoms with Crippen LogP contribution in [0, 0.1) is 0 Å². The third kappa shape index (κ3) is 2.72. The number of halogens is 3. The molecule has 4 heteroatoms. The fourth-order valence-corrected chi connectivity index (χ4v) is 1.11. The predicted octanol–water partition coefficient (Wildman–Crippen LogP) is -1.07. The van der Waals surface area contributed by atoms with E-state index in [1.807, 2.05) is 30.1 Å². The highest BCUT2D eigenvalue weighted by Crippen LogP contribution is 2.18. The van der Waals surface area contributed by atoms with Gasteiger partial charge in [-0.1, -0.05) is 11.6 Å². The van der Waals surface area contributed by atoms with Gasteiger partial charge < -0.3 is 24.0 Å². The average molecular weight is 334 g/mol. The molecular formula is C6H6BrClIN. The van der Waals surface area contributed by atoms with Gasteiger partial charge >= 0.3 is 0 Å². The lowest BCUT2D eigenvalue weighted by atomic mass is 10.5. The number of rotatable bonds is 0. The van der Waals surface area contributed by atoms with E-state index in [9.17, 15) is 0 Å². The number of pyridine rings is 1. The molecule has 56 valence electrons.